The van der Waals surface area contributed by atoms with E-state index >= 15 is 0 Å². The Kier molecular flexibility index (Phi) is 4.63. The first-order valence-corrected chi connectivity index (χ1v) is 11.0. The highest BCUT2D eigenvalue weighted by atomic mass is 35.5. The summed E-state index contributed by atoms with van der Waals surface area (Å²) in [5.74, 6) is 0. The maximum atomic E-state index is 12.5. The fourth-order valence-electron chi connectivity index (χ4n) is 4.46. The van der Waals surface area contributed by atoms with Crippen LogP contribution in [-0.4, -0.2) is 15.2 Å². The van der Waals surface area contributed by atoms with Crippen molar-refractivity contribution in [2.45, 2.75) is 0 Å². The molecule has 6 aromatic rings. The summed E-state index contributed by atoms with van der Waals surface area (Å²) in [6.07, 6.45) is 0. The van der Waals surface area contributed by atoms with Gasteiger partial charge in [-0.15, -0.1) is 0 Å². The third-order valence-corrected chi connectivity index (χ3v) is 6.18. The van der Waals surface area contributed by atoms with E-state index in [-0.39, 0.29) is 0 Å². The van der Waals surface area contributed by atoms with Crippen molar-refractivity contribution in [3.05, 3.63) is 109 Å². The van der Waals surface area contributed by atoms with E-state index in [0.717, 1.165) is 38.2 Å². The summed E-state index contributed by atoms with van der Waals surface area (Å²) >= 11 is 6.08. The first-order chi connectivity index (χ1) is 16.2. The minimum atomic E-state index is -0.510. The third kappa shape index (κ3) is 3.34. The lowest BCUT2D eigenvalue weighted by Crippen LogP contribution is -1.98. The van der Waals surface area contributed by atoms with Crippen LogP contribution >= 0.6 is 11.6 Å². The van der Waals surface area contributed by atoms with Gasteiger partial charge in [-0.2, -0.15) is 0 Å². The zero-order chi connectivity index (χ0) is 22.4. The molecular formula is C29H17ClN2O. The lowest BCUT2D eigenvalue weighted by atomic mass is 9.97. The van der Waals surface area contributed by atoms with Gasteiger partial charge in [0.05, 0.1) is 22.4 Å². The van der Waals surface area contributed by atoms with Crippen LogP contribution < -0.4 is 0 Å². The number of halogens is 1. The number of hydrogen-bond donors (Lipinski definition) is 0. The monoisotopic (exact) mass is 444 g/mol. The average molecular weight is 445 g/mol. The van der Waals surface area contributed by atoms with Gasteiger partial charge in [0, 0.05) is 16.3 Å². The molecule has 0 bridgehead atoms. The molecule has 33 heavy (non-hydrogen) atoms. The largest absolute Gasteiger partial charge is 0.276 e. The maximum absolute atomic E-state index is 12.5. The van der Waals surface area contributed by atoms with Crippen LogP contribution in [0.2, 0.25) is 0 Å². The summed E-state index contributed by atoms with van der Waals surface area (Å²) in [7, 11) is 0. The predicted molar refractivity (Wildman–Crippen MR) is 136 cm³/mol. The van der Waals surface area contributed by atoms with Crippen molar-refractivity contribution in [3.63, 3.8) is 0 Å². The number of para-hydroxylation sites is 1. The Bertz CT molecular complexity index is 1690. The van der Waals surface area contributed by atoms with E-state index in [0.29, 0.717) is 22.5 Å². The van der Waals surface area contributed by atoms with Crippen molar-refractivity contribution in [1.82, 2.24) is 9.97 Å². The molecule has 0 aliphatic rings. The van der Waals surface area contributed by atoms with Crippen LogP contribution in [0.4, 0.5) is 0 Å². The van der Waals surface area contributed by atoms with Crippen molar-refractivity contribution in [2.75, 3.05) is 0 Å². The number of fused-ring (bicyclic) bond motifs is 4. The van der Waals surface area contributed by atoms with Crippen molar-refractivity contribution in [1.29, 1.82) is 0 Å². The van der Waals surface area contributed by atoms with E-state index in [9.17, 15) is 4.79 Å². The number of rotatable bonds is 3. The van der Waals surface area contributed by atoms with Crippen LogP contribution in [0.1, 0.15) is 10.4 Å². The molecule has 0 unspecified atom stereocenters. The Morgan fingerprint density at radius 2 is 1.30 bits per heavy atom. The number of carbonyl (C=O) groups is 1. The maximum Gasteiger partial charge on any atom is 0.253 e. The summed E-state index contributed by atoms with van der Waals surface area (Å²) in [6, 6.07) is 33.9. The molecule has 2 heterocycles. The highest BCUT2D eigenvalue weighted by Gasteiger charge is 2.17. The van der Waals surface area contributed by atoms with Gasteiger partial charge in [0.25, 0.3) is 5.24 Å². The second kappa shape index (κ2) is 7.80. The number of nitrogens with zero attached hydrogens (tertiary/aromatic N) is 2. The smallest absolute Gasteiger partial charge is 0.253 e. The molecule has 0 aliphatic heterocycles. The molecule has 2 aromatic heterocycles. The summed E-state index contributed by atoms with van der Waals surface area (Å²) in [6.45, 7) is 0. The zero-order valence-corrected chi connectivity index (χ0v) is 18.3. The van der Waals surface area contributed by atoms with Gasteiger partial charge in [0.2, 0.25) is 0 Å². The Hall–Kier alpha value is -4.08. The first kappa shape index (κ1) is 19.6. The van der Waals surface area contributed by atoms with Gasteiger partial charge in [-0.3, -0.25) is 4.79 Å². The van der Waals surface area contributed by atoms with Crippen LogP contribution in [-0.2, 0) is 0 Å². The fourth-order valence-corrected chi connectivity index (χ4v) is 4.61. The Balaban J connectivity index is 1.66. The summed E-state index contributed by atoms with van der Waals surface area (Å²) < 4.78 is 0. The number of aromatic nitrogens is 2. The second-order valence-electron chi connectivity index (χ2n) is 7.95. The zero-order valence-electron chi connectivity index (χ0n) is 17.5. The van der Waals surface area contributed by atoms with Gasteiger partial charge >= 0.3 is 0 Å². The summed E-state index contributed by atoms with van der Waals surface area (Å²) in [4.78, 5) is 22.3. The molecule has 3 nitrogen and oxygen atoms in total. The van der Waals surface area contributed by atoms with Crippen molar-refractivity contribution in [2.24, 2.45) is 0 Å². The van der Waals surface area contributed by atoms with Gasteiger partial charge in [0.15, 0.2) is 0 Å². The Labute approximate surface area is 195 Å². The number of benzene rings is 4. The van der Waals surface area contributed by atoms with E-state index in [1.54, 1.807) is 6.07 Å². The van der Waals surface area contributed by atoms with Crippen LogP contribution in [0, 0.1) is 0 Å². The van der Waals surface area contributed by atoms with Crippen LogP contribution in [0.15, 0.2) is 103 Å². The molecule has 6 rings (SSSR count). The molecule has 4 heteroatoms. The molecule has 0 radical (unpaired) electrons. The first-order valence-electron chi connectivity index (χ1n) is 10.7. The minimum absolute atomic E-state index is 0.435. The van der Waals surface area contributed by atoms with E-state index in [1.165, 1.54) is 0 Å². The average Bonchev–Trinajstić information content (AvgIpc) is 2.87. The molecule has 156 valence electrons. The molecule has 0 saturated carbocycles. The minimum Gasteiger partial charge on any atom is -0.276 e. The molecule has 0 fully saturated rings. The fraction of sp³-hybridized carbons (Fsp3) is 0. The SMILES string of the molecule is O=C(Cl)c1cc(-c2cc(-c3ccccc3)c3ccccc3n2)nc2ccc3ccccc3c12. The lowest BCUT2D eigenvalue weighted by Gasteiger charge is -2.12. The van der Waals surface area contributed by atoms with E-state index < -0.39 is 5.24 Å². The standard InChI is InChI=1S/C29H17ClN2O/c30-29(33)23-17-27(32-25-15-14-19-10-4-5-11-20(19)28(23)25)26-16-22(18-8-2-1-3-9-18)21-12-6-7-13-24(21)31-26/h1-17H. The van der Waals surface area contributed by atoms with Gasteiger partial charge in [-0.1, -0.05) is 78.9 Å². The molecule has 0 N–H and O–H groups in total. The highest BCUT2D eigenvalue weighted by molar-refractivity contribution is 6.69. The number of hydrogen-bond acceptors (Lipinski definition) is 3. The Morgan fingerprint density at radius 1 is 0.636 bits per heavy atom. The summed E-state index contributed by atoms with van der Waals surface area (Å²) in [5.41, 5.74) is 5.49. The lowest BCUT2D eigenvalue weighted by molar-refractivity contribution is 0.108. The van der Waals surface area contributed by atoms with E-state index in [4.69, 9.17) is 21.6 Å². The number of carbonyl (C=O) groups excluding carboxylic acids is 1. The number of pyridine rings is 2. The van der Waals surface area contributed by atoms with Crippen LogP contribution in [0.25, 0.3) is 55.1 Å². The molecule has 0 atom stereocenters. The summed E-state index contributed by atoms with van der Waals surface area (Å²) in [5, 5.41) is 3.31. The predicted octanol–water partition coefficient (Wildman–Crippen LogP) is 7.65. The highest BCUT2D eigenvalue weighted by Crippen LogP contribution is 2.34. The van der Waals surface area contributed by atoms with Crippen LogP contribution in [0.5, 0.6) is 0 Å². The van der Waals surface area contributed by atoms with Crippen molar-refractivity contribution in [3.8, 4) is 22.5 Å². The van der Waals surface area contributed by atoms with E-state index in [2.05, 4.69) is 18.2 Å². The molecular weight excluding hydrogens is 428 g/mol. The molecule has 0 aliphatic carbocycles. The second-order valence-corrected chi connectivity index (χ2v) is 8.29. The Morgan fingerprint density at radius 3 is 2.12 bits per heavy atom. The topological polar surface area (TPSA) is 42.9 Å². The molecule has 4 aromatic carbocycles. The van der Waals surface area contributed by atoms with Crippen molar-refractivity contribution < 1.29 is 4.79 Å². The van der Waals surface area contributed by atoms with Crippen molar-refractivity contribution >= 4 is 49.4 Å². The third-order valence-electron chi connectivity index (χ3n) is 5.97. The molecule has 0 spiro atoms. The molecule has 0 amide bonds. The van der Waals surface area contributed by atoms with Gasteiger partial charge in [-0.05, 0) is 57.8 Å². The van der Waals surface area contributed by atoms with Crippen LogP contribution in [0.3, 0.4) is 0 Å². The van der Waals surface area contributed by atoms with Gasteiger partial charge in [-0.25, -0.2) is 9.97 Å². The molecule has 0 saturated heterocycles. The normalized spacial score (nSPS) is 11.3. The van der Waals surface area contributed by atoms with E-state index in [1.807, 2.05) is 78.9 Å². The quantitative estimate of drug-likeness (QED) is 0.208. The van der Waals surface area contributed by atoms with Gasteiger partial charge in [0.1, 0.15) is 0 Å². The van der Waals surface area contributed by atoms with Gasteiger partial charge < -0.3 is 0 Å².